The molecule has 0 fully saturated rings. The summed E-state index contributed by atoms with van der Waals surface area (Å²) in [5, 5.41) is 12.4. The Hall–Kier alpha value is -3.12. The molecule has 3 rings (SSSR count). The van der Waals surface area contributed by atoms with Crippen LogP contribution in [0.4, 0.5) is 0 Å². The SMILES string of the molecule is C=CCc1cc(/C=N/n2cnnc2)cc(OCC)c1OCc1ccccc1Cl. The molecule has 0 aliphatic carbocycles. The van der Waals surface area contributed by atoms with Crippen molar-refractivity contribution in [2.45, 2.75) is 20.0 Å². The summed E-state index contributed by atoms with van der Waals surface area (Å²) in [6, 6.07) is 11.5. The van der Waals surface area contributed by atoms with Gasteiger partial charge in [-0.25, -0.2) is 4.68 Å². The molecule has 0 amide bonds. The summed E-state index contributed by atoms with van der Waals surface area (Å²) < 4.78 is 13.5. The molecule has 28 heavy (non-hydrogen) atoms. The standard InChI is InChI=1S/C21H21ClN4O2/c1-3-7-17-10-16(12-25-26-14-23-24-15-26)11-20(27-4-2)21(17)28-13-18-8-5-6-9-19(18)22/h3,5-6,8-12,14-15H,1,4,7,13H2,2H3/b25-12+. The third-order valence-corrected chi connectivity index (χ3v) is 4.26. The minimum absolute atomic E-state index is 0.345. The number of aromatic nitrogens is 3. The van der Waals surface area contributed by atoms with Crippen LogP contribution in [0.1, 0.15) is 23.6 Å². The van der Waals surface area contributed by atoms with Gasteiger partial charge in [0, 0.05) is 16.1 Å². The minimum atomic E-state index is 0.345. The lowest BCUT2D eigenvalue weighted by Gasteiger charge is -2.17. The molecule has 0 unspecified atom stereocenters. The summed E-state index contributed by atoms with van der Waals surface area (Å²) in [6.07, 6.45) is 7.22. The maximum atomic E-state index is 6.25. The molecule has 0 N–H and O–H groups in total. The molecule has 6 nitrogen and oxygen atoms in total. The zero-order chi connectivity index (χ0) is 19.8. The number of hydrogen-bond acceptors (Lipinski definition) is 5. The number of hydrogen-bond donors (Lipinski definition) is 0. The fourth-order valence-corrected chi connectivity index (χ4v) is 2.84. The summed E-state index contributed by atoms with van der Waals surface area (Å²) >= 11 is 6.25. The van der Waals surface area contributed by atoms with Gasteiger partial charge in [-0.3, -0.25) is 0 Å². The fraction of sp³-hybridized carbons (Fsp3) is 0.190. The van der Waals surface area contributed by atoms with Crippen LogP contribution in [0, 0.1) is 0 Å². The van der Waals surface area contributed by atoms with Gasteiger partial charge < -0.3 is 9.47 Å². The second-order valence-electron chi connectivity index (χ2n) is 5.90. The van der Waals surface area contributed by atoms with E-state index >= 15 is 0 Å². The van der Waals surface area contributed by atoms with Crippen molar-refractivity contribution in [2.24, 2.45) is 5.10 Å². The van der Waals surface area contributed by atoms with E-state index in [0.29, 0.717) is 36.2 Å². The summed E-state index contributed by atoms with van der Waals surface area (Å²) in [7, 11) is 0. The monoisotopic (exact) mass is 396 g/mol. The Kier molecular flexibility index (Phi) is 6.81. The van der Waals surface area contributed by atoms with Gasteiger partial charge in [-0.15, -0.1) is 16.8 Å². The van der Waals surface area contributed by atoms with Crippen molar-refractivity contribution in [1.82, 2.24) is 14.9 Å². The molecule has 0 bridgehead atoms. The second-order valence-corrected chi connectivity index (χ2v) is 6.31. The molecule has 144 valence electrons. The maximum absolute atomic E-state index is 6.25. The maximum Gasteiger partial charge on any atom is 0.165 e. The van der Waals surface area contributed by atoms with Gasteiger partial charge in [-0.05, 0) is 37.1 Å². The lowest BCUT2D eigenvalue weighted by molar-refractivity contribution is 0.267. The molecule has 0 aliphatic heterocycles. The van der Waals surface area contributed by atoms with E-state index in [4.69, 9.17) is 21.1 Å². The third-order valence-electron chi connectivity index (χ3n) is 3.89. The van der Waals surface area contributed by atoms with E-state index in [1.165, 1.54) is 17.3 Å². The van der Waals surface area contributed by atoms with Gasteiger partial charge in [0.15, 0.2) is 11.5 Å². The number of allylic oxidation sites excluding steroid dienone is 1. The number of halogens is 1. The van der Waals surface area contributed by atoms with E-state index in [1.54, 1.807) is 6.21 Å². The molecule has 1 aromatic heterocycles. The largest absolute Gasteiger partial charge is 0.490 e. The Bertz CT molecular complexity index is 955. The first-order valence-electron chi connectivity index (χ1n) is 8.87. The van der Waals surface area contributed by atoms with Gasteiger partial charge in [0.1, 0.15) is 19.3 Å². The van der Waals surface area contributed by atoms with Gasteiger partial charge in [-0.2, -0.15) is 5.10 Å². The van der Waals surface area contributed by atoms with Crippen LogP contribution in [-0.4, -0.2) is 27.7 Å². The summed E-state index contributed by atoms with van der Waals surface area (Å²) in [4.78, 5) is 0. The minimum Gasteiger partial charge on any atom is -0.490 e. The van der Waals surface area contributed by atoms with Crippen LogP contribution >= 0.6 is 11.6 Å². The number of rotatable bonds is 9. The van der Waals surface area contributed by atoms with E-state index in [-0.39, 0.29) is 0 Å². The van der Waals surface area contributed by atoms with Crippen LogP contribution in [0.15, 0.2) is 66.8 Å². The highest BCUT2D eigenvalue weighted by atomic mass is 35.5. The Labute approximate surface area is 169 Å². The van der Waals surface area contributed by atoms with Crippen LogP contribution in [0.5, 0.6) is 11.5 Å². The van der Waals surface area contributed by atoms with Gasteiger partial charge in [0.25, 0.3) is 0 Å². The zero-order valence-electron chi connectivity index (χ0n) is 15.6. The van der Waals surface area contributed by atoms with Crippen molar-refractivity contribution in [3.8, 4) is 11.5 Å². The number of nitrogens with zero attached hydrogens (tertiary/aromatic N) is 4. The molecule has 2 aromatic carbocycles. The van der Waals surface area contributed by atoms with Gasteiger partial charge in [0.05, 0.1) is 12.8 Å². The van der Waals surface area contributed by atoms with Crippen molar-refractivity contribution in [3.63, 3.8) is 0 Å². The number of benzene rings is 2. The average molecular weight is 397 g/mol. The highest BCUT2D eigenvalue weighted by molar-refractivity contribution is 6.31. The van der Waals surface area contributed by atoms with Gasteiger partial charge in [0.2, 0.25) is 0 Å². The average Bonchev–Trinajstić information content (AvgIpc) is 3.21. The molecular formula is C21H21ClN4O2. The van der Waals surface area contributed by atoms with Crippen LogP contribution < -0.4 is 9.47 Å². The van der Waals surface area contributed by atoms with E-state index in [9.17, 15) is 0 Å². The number of ether oxygens (including phenoxy) is 2. The molecular weight excluding hydrogens is 376 g/mol. The molecule has 0 spiro atoms. The lowest BCUT2D eigenvalue weighted by atomic mass is 10.1. The summed E-state index contributed by atoms with van der Waals surface area (Å²) in [6.45, 7) is 6.64. The summed E-state index contributed by atoms with van der Waals surface area (Å²) in [5.74, 6) is 1.34. The van der Waals surface area contributed by atoms with Crippen LogP contribution in [0.3, 0.4) is 0 Å². The first-order valence-corrected chi connectivity index (χ1v) is 9.24. The normalized spacial score (nSPS) is 10.9. The van der Waals surface area contributed by atoms with E-state index in [0.717, 1.165) is 16.7 Å². The Morgan fingerprint density at radius 1 is 1.14 bits per heavy atom. The third kappa shape index (κ3) is 4.98. The predicted molar refractivity (Wildman–Crippen MR) is 110 cm³/mol. The van der Waals surface area contributed by atoms with Crippen molar-refractivity contribution in [3.05, 3.63) is 83.4 Å². The Morgan fingerprint density at radius 3 is 2.64 bits per heavy atom. The summed E-state index contributed by atoms with van der Waals surface area (Å²) in [5.41, 5.74) is 2.74. The van der Waals surface area contributed by atoms with Gasteiger partial charge >= 0.3 is 0 Å². The highest BCUT2D eigenvalue weighted by Gasteiger charge is 2.14. The fourth-order valence-electron chi connectivity index (χ4n) is 2.65. The van der Waals surface area contributed by atoms with Crippen molar-refractivity contribution < 1.29 is 9.47 Å². The first-order chi connectivity index (χ1) is 13.7. The molecule has 3 aromatic rings. The molecule has 7 heteroatoms. The second kappa shape index (κ2) is 9.71. The smallest absolute Gasteiger partial charge is 0.165 e. The van der Waals surface area contributed by atoms with Gasteiger partial charge in [-0.1, -0.05) is 35.9 Å². The van der Waals surface area contributed by atoms with Crippen molar-refractivity contribution in [1.29, 1.82) is 0 Å². The van der Waals surface area contributed by atoms with E-state index in [2.05, 4.69) is 21.9 Å². The van der Waals surface area contributed by atoms with Crippen LogP contribution in [-0.2, 0) is 13.0 Å². The quantitative estimate of drug-likeness (QED) is 0.394. The van der Waals surface area contributed by atoms with Crippen LogP contribution in [0.2, 0.25) is 5.02 Å². The topological polar surface area (TPSA) is 61.5 Å². The van der Waals surface area contributed by atoms with E-state index < -0.39 is 0 Å². The molecule has 0 atom stereocenters. The molecule has 1 heterocycles. The predicted octanol–water partition coefficient (Wildman–Crippen LogP) is 4.52. The Balaban J connectivity index is 1.92. The van der Waals surface area contributed by atoms with Crippen LogP contribution in [0.25, 0.3) is 0 Å². The molecule has 0 aliphatic rings. The molecule has 0 saturated heterocycles. The zero-order valence-corrected chi connectivity index (χ0v) is 16.3. The van der Waals surface area contributed by atoms with E-state index in [1.807, 2.05) is 49.4 Å². The lowest BCUT2D eigenvalue weighted by Crippen LogP contribution is -2.04. The Morgan fingerprint density at radius 2 is 1.93 bits per heavy atom. The van der Waals surface area contributed by atoms with Crippen molar-refractivity contribution >= 4 is 17.8 Å². The first kappa shape index (κ1) is 19.6. The highest BCUT2D eigenvalue weighted by Crippen LogP contribution is 2.34. The van der Waals surface area contributed by atoms with Crippen molar-refractivity contribution in [2.75, 3.05) is 6.61 Å². The molecule has 0 radical (unpaired) electrons. The molecule has 0 saturated carbocycles.